The predicted octanol–water partition coefficient (Wildman–Crippen LogP) is 2.20. The minimum absolute atomic E-state index is 0.0596. The number of ether oxygens (including phenoxy) is 1. The van der Waals surface area contributed by atoms with E-state index < -0.39 is 0 Å². The zero-order valence-electron chi connectivity index (χ0n) is 9.54. The molecule has 2 aromatic rings. The summed E-state index contributed by atoms with van der Waals surface area (Å²) in [6, 6.07) is 15.6. The van der Waals surface area contributed by atoms with E-state index in [1.165, 1.54) is 5.56 Å². The van der Waals surface area contributed by atoms with Crippen molar-refractivity contribution < 1.29 is 9.84 Å². The summed E-state index contributed by atoms with van der Waals surface area (Å²) in [5.41, 5.74) is 1.87. The topological polar surface area (TPSA) is 42.4 Å². The van der Waals surface area contributed by atoms with Gasteiger partial charge in [0.15, 0.2) is 0 Å². The van der Waals surface area contributed by atoms with Gasteiger partial charge in [0, 0.05) is 12.5 Å². The SMILES string of the molecule is OCc1cccc(OCCc2ccccc2)n1. The molecule has 17 heavy (non-hydrogen) atoms. The van der Waals surface area contributed by atoms with E-state index in [0.29, 0.717) is 18.2 Å². The summed E-state index contributed by atoms with van der Waals surface area (Å²) in [5.74, 6) is 0.562. The Morgan fingerprint density at radius 2 is 1.82 bits per heavy atom. The third-order valence-corrected chi connectivity index (χ3v) is 2.43. The lowest BCUT2D eigenvalue weighted by molar-refractivity contribution is 0.269. The van der Waals surface area contributed by atoms with Gasteiger partial charge in [-0.05, 0) is 11.6 Å². The van der Waals surface area contributed by atoms with Crippen LogP contribution in [0.3, 0.4) is 0 Å². The maximum atomic E-state index is 8.95. The van der Waals surface area contributed by atoms with Crippen LogP contribution in [-0.4, -0.2) is 16.7 Å². The lowest BCUT2D eigenvalue weighted by atomic mass is 10.2. The standard InChI is InChI=1S/C14H15NO2/c16-11-13-7-4-8-14(15-13)17-10-9-12-5-2-1-3-6-12/h1-8,16H,9-11H2. The van der Waals surface area contributed by atoms with Crippen LogP contribution in [0.1, 0.15) is 11.3 Å². The average Bonchev–Trinajstić information content (AvgIpc) is 2.40. The maximum Gasteiger partial charge on any atom is 0.213 e. The molecule has 3 heteroatoms. The van der Waals surface area contributed by atoms with Crippen LogP contribution in [0, 0.1) is 0 Å². The molecule has 0 fully saturated rings. The van der Waals surface area contributed by atoms with E-state index in [-0.39, 0.29) is 6.61 Å². The molecule has 0 aliphatic carbocycles. The minimum Gasteiger partial charge on any atom is -0.477 e. The van der Waals surface area contributed by atoms with Gasteiger partial charge in [0.1, 0.15) is 0 Å². The highest BCUT2D eigenvalue weighted by molar-refractivity contribution is 5.17. The molecule has 0 saturated carbocycles. The molecule has 1 N–H and O–H groups in total. The normalized spacial score (nSPS) is 10.2. The zero-order chi connectivity index (χ0) is 11.9. The van der Waals surface area contributed by atoms with Crippen molar-refractivity contribution in [3.8, 4) is 5.88 Å². The summed E-state index contributed by atoms with van der Waals surface area (Å²) in [5, 5.41) is 8.95. The van der Waals surface area contributed by atoms with Crippen molar-refractivity contribution >= 4 is 0 Å². The Morgan fingerprint density at radius 1 is 1.00 bits per heavy atom. The summed E-state index contributed by atoms with van der Waals surface area (Å²) in [7, 11) is 0. The van der Waals surface area contributed by atoms with Crippen LogP contribution in [0.4, 0.5) is 0 Å². The molecular formula is C14H15NO2. The molecule has 0 radical (unpaired) electrons. The van der Waals surface area contributed by atoms with E-state index in [1.54, 1.807) is 12.1 Å². The van der Waals surface area contributed by atoms with Crippen LogP contribution in [-0.2, 0) is 13.0 Å². The maximum absolute atomic E-state index is 8.95. The fourth-order valence-electron chi connectivity index (χ4n) is 1.54. The third-order valence-electron chi connectivity index (χ3n) is 2.43. The molecule has 1 heterocycles. The number of hydrogen-bond acceptors (Lipinski definition) is 3. The zero-order valence-corrected chi connectivity index (χ0v) is 9.54. The van der Waals surface area contributed by atoms with Crippen molar-refractivity contribution in [1.82, 2.24) is 4.98 Å². The Hall–Kier alpha value is -1.87. The van der Waals surface area contributed by atoms with Gasteiger partial charge in [0.25, 0.3) is 0 Å². The monoisotopic (exact) mass is 229 g/mol. The van der Waals surface area contributed by atoms with Crippen LogP contribution >= 0.6 is 0 Å². The van der Waals surface area contributed by atoms with E-state index in [2.05, 4.69) is 17.1 Å². The van der Waals surface area contributed by atoms with Crippen molar-refractivity contribution in [2.45, 2.75) is 13.0 Å². The second-order valence-corrected chi connectivity index (χ2v) is 3.71. The molecule has 2 rings (SSSR count). The number of benzene rings is 1. The summed E-state index contributed by atoms with van der Waals surface area (Å²) in [4.78, 5) is 4.15. The highest BCUT2D eigenvalue weighted by atomic mass is 16.5. The van der Waals surface area contributed by atoms with Gasteiger partial charge < -0.3 is 9.84 Å². The average molecular weight is 229 g/mol. The number of hydrogen-bond donors (Lipinski definition) is 1. The summed E-state index contributed by atoms with van der Waals surface area (Å²) < 4.78 is 5.53. The van der Waals surface area contributed by atoms with Crippen LogP contribution in [0.5, 0.6) is 5.88 Å². The first kappa shape index (κ1) is 11.6. The molecule has 0 atom stereocenters. The summed E-state index contributed by atoms with van der Waals surface area (Å²) in [6.07, 6.45) is 0.853. The summed E-state index contributed by atoms with van der Waals surface area (Å²) in [6.45, 7) is 0.530. The van der Waals surface area contributed by atoms with Crippen LogP contribution in [0.15, 0.2) is 48.5 Å². The molecule has 0 aliphatic heterocycles. The number of nitrogens with zero attached hydrogens (tertiary/aromatic N) is 1. The van der Waals surface area contributed by atoms with Crippen molar-refractivity contribution in [3.05, 3.63) is 59.8 Å². The molecule has 0 aliphatic rings. The van der Waals surface area contributed by atoms with Gasteiger partial charge in [-0.15, -0.1) is 0 Å². The number of rotatable bonds is 5. The van der Waals surface area contributed by atoms with Crippen molar-refractivity contribution in [1.29, 1.82) is 0 Å². The van der Waals surface area contributed by atoms with Gasteiger partial charge >= 0.3 is 0 Å². The smallest absolute Gasteiger partial charge is 0.213 e. The van der Waals surface area contributed by atoms with E-state index >= 15 is 0 Å². The number of aliphatic hydroxyl groups is 1. The Morgan fingerprint density at radius 3 is 2.59 bits per heavy atom. The molecule has 88 valence electrons. The molecule has 0 amide bonds. The Labute approximate surface area is 101 Å². The molecule has 1 aromatic heterocycles. The van der Waals surface area contributed by atoms with Crippen molar-refractivity contribution in [3.63, 3.8) is 0 Å². The largest absolute Gasteiger partial charge is 0.477 e. The molecule has 0 spiro atoms. The van der Waals surface area contributed by atoms with Crippen LogP contribution < -0.4 is 4.74 Å². The molecule has 0 saturated heterocycles. The van der Waals surface area contributed by atoms with Crippen molar-refractivity contribution in [2.75, 3.05) is 6.61 Å². The first-order chi connectivity index (χ1) is 8.38. The lowest BCUT2D eigenvalue weighted by Gasteiger charge is -2.06. The molecule has 1 aromatic carbocycles. The third kappa shape index (κ3) is 3.57. The molecule has 3 nitrogen and oxygen atoms in total. The van der Waals surface area contributed by atoms with E-state index in [1.807, 2.05) is 24.3 Å². The highest BCUT2D eigenvalue weighted by Gasteiger charge is 1.98. The van der Waals surface area contributed by atoms with Gasteiger partial charge in [-0.3, -0.25) is 0 Å². The van der Waals surface area contributed by atoms with E-state index in [9.17, 15) is 0 Å². The van der Waals surface area contributed by atoms with Gasteiger partial charge in [-0.1, -0.05) is 36.4 Å². The number of aliphatic hydroxyl groups excluding tert-OH is 1. The first-order valence-corrected chi connectivity index (χ1v) is 5.62. The van der Waals surface area contributed by atoms with Crippen LogP contribution in [0.2, 0.25) is 0 Å². The second kappa shape index (κ2) is 6.01. The first-order valence-electron chi connectivity index (χ1n) is 5.62. The Kier molecular flexibility index (Phi) is 4.11. The van der Waals surface area contributed by atoms with Crippen LogP contribution in [0.25, 0.3) is 0 Å². The minimum atomic E-state index is -0.0596. The fraction of sp³-hybridized carbons (Fsp3) is 0.214. The molecular weight excluding hydrogens is 214 g/mol. The van der Waals surface area contributed by atoms with E-state index in [4.69, 9.17) is 9.84 Å². The molecule has 0 unspecified atom stereocenters. The molecule has 0 bridgehead atoms. The predicted molar refractivity (Wildman–Crippen MR) is 65.8 cm³/mol. The summed E-state index contributed by atoms with van der Waals surface area (Å²) >= 11 is 0. The quantitative estimate of drug-likeness (QED) is 0.854. The van der Waals surface area contributed by atoms with Crippen molar-refractivity contribution in [2.24, 2.45) is 0 Å². The van der Waals surface area contributed by atoms with Gasteiger partial charge in [-0.25, -0.2) is 4.98 Å². The Balaban J connectivity index is 1.86. The van der Waals surface area contributed by atoms with Gasteiger partial charge in [-0.2, -0.15) is 0 Å². The lowest BCUT2D eigenvalue weighted by Crippen LogP contribution is -2.03. The van der Waals surface area contributed by atoms with E-state index in [0.717, 1.165) is 6.42 Å². The van der Waals surface area contributed by atoms with Gasteiger partial charge in [0.2, 0.25) is 5.88 Å². The van der Waals surface area contributed by atoms with Gasteiger partial charge in [0.05, 0.1) is 18.9 Å². The second-order valence-electron chi connectivity index (χ2n) is 3.71. The Bertz CT molecular complexity index is 457. The number of aromatic nitrogens is 1. The fourth-order valence-corrected chi connectivity index (χ4v) is 1.54. The number of pyridine rings is 1. The highest BCUT2D eigenvalue weighted by Crippen LogP contribution is 2.08.